The number of hydrogen-bond donors (Lipinski definition) is 1. The van der Waals surface area contributed by atoms with E-state index in [0.29, 0.717) is 6.04 Å². The lowest BCUT2D eigenvalue weighted by atomic mass is 10.2. The Bertz CT molecular complexity index is 216. The Kier molecular flexibility index (Phi) is 4.62. The zero-order valence-corrected chi connectivity index (χ0v) is 8.61. The van der Waals surface area contributed by atoms with Gasteiger partial charge in [-0.25, -0.2) is 0 Å². The number of ether oxygens (including phenoxy) is 1. The molecule has 1 amide bonds. The first-order valence-electron chi connectivity index (χ1n) is 4.93. The summed E-state index contributed by atoms with van der Waals surface area (Å²) in [7, 11) is 1.72. The SMILES string of the molecule is COC[C@@H]1CCCN1CC=CC(N)=O. The molecule has 1 aliphatic heterocycles. The Morgan fingerprint density at radius 1 is 1.71 bits per heavy atom. The number of amides is 1. The van der Waals surface area contributed by atoms with Gasteiger partial charge in [0.1, 0.15) is 0 Å². The fraction of sp³-hybridized carbons (Fsp3) is 0.700. The summed E-state index contributed by atoms with van der Waals surface area (Å²) in [6.45, 7) is 2.64. The zero-order chi connectivity index (χ0) is 10.4. The second kappa shape index (κ2) is 5.78. The second-order valence-electron chi connectivity index (χ2n) is 3.55. The van der Waals surface area contributed by atoms with Gasteiger partial charge >= 0.3 is 0 Å². The third kappa shape index (κ3) is 3.47. The summed E-state index contributed by atoms with van der Waals surface area (Å²) >= 11 is 0. The van der Waals surface area contributed by atoms with Crippen molar-refractivity contribution in [1.82, 2.24) is 4.90 Å². The van der Waals surface area contributed by atoms with E-state index in [1.54, 1.807) is 7.11 Å². The molecule has 0 aromatic rings. The van der Waals surface area contributed by atoms with Crippen LogP contribution < -0.4 is 5.73 Å². The third-order valence-electron chi connectivity index (χ3n) is 2.48. The molecule has 80 valence electrons. The van der Waals surface area contributed by atoms with Crippen LogP contribution in [0.1, 0.15) is 12.8 Å². The predicted octanol–water partition coefficient (Wildman–Crippen LogP) is 0.139. The van der Waals surface area contributed by atoms with Crippen LogP contribution in [0, 0.1) is 0 Å². The second-order valence-corrected chi connectivity index (χ2v) is 3.55. The molecular weight excluding hydrogens is 180 g/mol. The van der Waals surface area contributed by atoms with Gasteiger partial charge in [0.15, 0.2) is 0 Å². The minimum atomic E-state index is -0.382. The van der Waals surface area contributed by atoms with E-state index in [1.807, 2.05) is 6.08 Å². The Labute approximate surface area is 84.7 Å². The van der Waals surface area contributed by atoms with E-state index < -0.39 is 0 Å². The van der Waals surface area contributed by atoms with Gasteiger partial charge < -0.3 is 10.5 Å². The van der Waals surface area contributed by atoms with Crippen LogP contribution in [0.15, 0.2) is 12.2 Å². The number of primary amides is 1. The van der Waals surface area contributed by atoms with Crippen molar-refractivity contribution in [3.05, 3.63) is 12.2 Å². The maximum Gasteiger partial charge on any atom is 0.241 e. The number of rotatable bonds is 5. The molecule has 0 saturated carbocycles. The molecular formula is C10H18N2O2. The molecule has 14 heavy (non-hydrogen) atoms. The molecule has 4 nitrogen and oxygen atoms in total. The molecule has 0 aromatic carbocycles. The summed E-state index contributed by atoms with van der Waals surface area (Å²) in [6.07, 6.45) is 5.62. The van der Waals surface area contributed by atoms with Crippen molar-refractivity contribution in [1.29, 1.82) is 0 Å². The highest BCUT2D eigenvalue weighted by Crippen LogP contribution is 2.16. The lowest BCUT2D eigenvalue weighted by Crippen LogP contribution is -2.33. The van der Waals surface area contributed by atoms with Crippen LogP contribution in [0.4, 0.5) is 0 Å². The van der Waals surface area contributed by atoms with Crippen LogP contribution in [-0.2, 0) is 9.53 Å². The number of carbonyl (C=O) groups excluding carboxylic acids is 1. The van der Waals surface area contributed by atoms with Gasteiger partial charge in [-0.1, -0.05) is 6.08 Å². The van der Waals surface area contributed by atoms with E-state index >= 15 is 0 Å². The van der Waals surface area contributed by atoms with Gasteiger partial charge in [0.2, 0.25) is 5.91 Å². The summed E-state index contributed by atoms with van der Waals surface area (Å²) in [5.41, 5.74) is 5.00. The molecule has 0 bridgehead atoms. The number of likely N-dealkylation sites (tertiary alicyclic amines) is 1. The first-order valence-corrected chi connectivity index (χ1v) is 4.93. The van der Waals surface area contributed by atoms with Crippen LogP contribution in [-0.4, -0.2) is 43.7 Å². The van der Waals surface area contributed by atoms with Crippen LogP contribution >= 0.6 is 0 Å². The fourth-order valence-electron chi connectivity index (χ4n) is 1.82. The van der Waals surface area contributed by atoms with E-state index in [-0.39, 0.29) is 5.91 Å². The number of hydrogen-bond acceptors (Lipinski definition) is 3. The first-order chi connectivity index (χ1) is 6.74. The number of nitrogens with zero attached hydrogens (tertiary/aromatic N) is 1. The van der Waals surface area contributed by atoms with E-state index in [9.17, 15) is 4.79 Å². The Balaban J connectivity index is 2.32. The van der Waals surface area contributed by atoms with Gasteiger partial charge in [-0.15, -0.1) is 0 Å². The maximum atomic E-state index is 10.5. The van der Waals surface area contributed by atoms with E-state index in [0.717, 1.165) is 19.7 Å². The molecule has 1 heterocycles. The summed E-state index contributed by atoms with van der Waals surface area (Å²) in [6, 6.07) is 0.498. The van der Waals surface area contributed by atoms with Crippen molar-refractivity contribution in [3.63, 3.8) is 0 Å². The number of methoxy groups -OCH3 is 1. The molecule has 0 aliphatic carbocycles. The Morgan fingerprint density at radius 3 is 3.14 bits per heavy atom. The van der Waals surface area contributed by atoms with Crippen molar-refractivity contribution < 1.29 is 9.53 Å². The van der Waals surface area contributed by atoms with Crippen molar-refractivity contribution in [3.8, 4) is 0 Å². The lowest BCUT2D eigenvalue weighted by molar-refractivity contribution is -0.113. The normalized spacial score (nSPS) is 23.4. The minimum Gasteiger partial charge on any atom is -0.383 e. The molecule has 1 saturated heterocycles. The van der Waals surface area contributed by atoms with E-state index in [2.05, 4.69) is 4.90 Å². The standard InChI is InChI=1S/C10H18N2O2/c1-14-8-9-4-2-6-12(9)7-3-5-10(11)13/h3,5,9H,2,4,6-8H2,1H3,(H2,11,13)/t9-/m0/s1. The molecule has 0 radical (unpaired) electrons. The quantitative estimate of drug-likeness (QED) is 0.639. The molecule has 4 heteroatoms. The van der Waals surface area contributed by atoms with Crippen molar-refractivity contribution in [2.24, 2.45) is 5.73 Å². The fourth-order valence-corrected chi connectivity index (χ4v) is 1.82. The van der Waals surface area contributed by atoms with Crippen LogP contribution in [0.2, 0.25) is 0 Å². The molecule has 1 rings (SSSR count). The van der Waals surface area contributed by atoms with Gasteiger partial charge in [0, 0.05) is 19.7 Å². The highest BCUT2D eigenvalue weighted by Gasteiger charge is 2.22. The highest BCUT2D eigenvalue weighted by molar-refractivity contribution is 5.85. The molecule has 0 unspecified atom stereocenters. The lowest BCUT2D eigenvalue weighted by Gasteiger charge is -2.21. The summed E-state index contributed by atoms with van der Waals surface area (Å²) in [5.74, 6) is -0.382. The van der Waals surface area contributed by atoms with E-state index in [4.69, 9.17) is 10.5 Å². The first kappa shape index (κ1) is 11.2. The minimum absolute atomic E-state index is 0.382. The largest absolute Gasteiger partial charge is 0.383 e. The van der Waals surface area contributed by atoms with Crippen molar-refractivity contribution in [2.45, 2.75) is 18.9 Å². The number of nitrogens with two attached hydrogens (primary N) is 1. The molecule has 2 N–H and O–H groups in total. The molecule has 1 atom stereocenters. The smallest absolute Gasteiger partial charge is 0.241 e. The average Bonchev–Trinajstić information content (AvgIpc) is 2.53. The summed E-state index contributed by atoms with van der Waals surface area (Å²) < 4.78 is 5.13. The molecule has 0 aromatic heterocycles. The molecule has 0 spiro atoms. The number of carbonyl (C=O) groups is 1. The Morgan fingerprint density at radius 2 is 2.50 bits per heavy atom. The van der Waals surface area contributed by atoms with Crippen molar-refractivity contribution >= 4 is 5.91 Å². The highest BCUT2D eigenvalue weighted by atomic mass is 16.5. The van der Waals surface area contributed by atoms with Crippen LogP contribution in [0.25, 0.3) is 0 Å². The van der Waals surface area contributed by atoms with Gasteiger partial charge in [0.05, 0.1) is 6.61 Å². The van der Waals surface area contributed by atoms with Crippen LogP contribution in [0.3, 0.4) is 0 Å². The van der Waals surface area contributed by atoms with Crippen molar-refractivity contribution in [2.75, 3.05) is 26.8 Å². The predicted molar refractivity (Wildman–Crippen MR) is 54.8 cm³/mol. The van der Waals surface area contributed by atoms with Gasteiger partial charge in [0.25, 0.3) is 0 Å². The average molecular weight is 198 g/mol. The Hall–Kier alpha value is -0.870. The van der Waals surface area contributed by atoms with Gasteiger partial charge in [-0.05, 0) is 25.5 Å². The molecule has 1 aliphatic rings. The topological polar surface area (TPSA) is 55.6 Å². The zero-order valence-electron chi connectivity index (χ0n) is 8.61. The van der Waals surface area contributed by atoms with E-state index in [1.165, 1.54) is 18.9 Å². The maximum absolute atomic E-state index is 10.5. The van der Waals surface area contributed by atoms with Gasteiger partial charge in [-0.3, -0.25) is 9.69 Å². The molecule has 1 fully saturated rings. The van der Waals surface area contributed by atoms with Gasteiger partial charge in [-0.2, -0.15) is 0 Å². The third-order valence-corrected chi connectivity index (χ3v) is 2.48. The summed E-state index contributed by atoms with van der Waals surface area (Å²) in [5, 5.41) is 0. The monoisotopic (exact) mass is 198 g/mol. The summed E-state index contributed by atoms with van der Waals surface area (Å²) in [4.78, 5) is 12.8. The van der Waals surface area contributed by atoms with Crippen LogP contribution in [0.5, 0.6) is 0 Å².